The Bertz CT molecular complexity index is 3800. The number of nitriles is 1. The van der Waals surface area contributed by atoms with Gasteiger partial charge in [0, 0.05) is 36.6 Å². The van der Waals surface area contributed by atoms with E-state index in [2.05, 4.69) is 36.3 Å². The zero-order valence-corrected chi connectivity index (χ0v) is 51.9. The fraction of sp³-hybridized carbons (Fsp3) is 0.349. The number of carbonyl (C=O) groups excluding carboxylic acids is 3. The van der Waals surface area contributed by atoms with Gasteiger partial charge in [-0.15, -0.1) is 0 Å². The lowest BCUT2D eigenvalue weighted by atomic mass is 9.80. The fourth-order valence-corrected chi connectivity index (χ4v) is 12.7. The zero-order chi connectivity index (χ0) is 63.0. The van der Waals surface area contributed by atoms with Gasteiger partial charge >= 0.3 is 6.09 Å². The number of methoxy groups -OCH3 is 3. The Morgan fingerprint density at radius 1 is 0.784 bits per heavy atom. The third kappa shape index (κ3) is 16.0. The number of imidazole rings is 1. The van der Waals surface area contributed by atoms with Gasteiger partial charge in [-0.3, -0.25) is 33.8 Å². The second kappa shape index (κ2) is 30.4. The van der Waals surface area contributed by atoms with Crippen molar-refractivity contribution in [2.75, 3.05) is 58.8 Å². The molecule has 23 nitrogen and oxygen atoms in total. The minimum absolute atomic E-state index is 0.00380. The molecule has 1 unspecified atom stereocenters. The van der Waals surface area contributed by atoms with Gasteiger partial charge in [0.25, 0.3) is 14.1 Å². The SMILES string of the molecule is COc1ccc(C(OC[C@@H](OCn2cnc3c(=O)[nH]c(NC(=O)CCNC(=O)Cc4cn(C(=O)OCCS(=O)(=O)c5ccc(OC)cc5)c5ccccc45)nc32)[C@@H](C)OP(OCCC#N)N(C(C)C)C(C)C)(c2ccccc2)c2ccc(OC)cc2)cc1. The number of sulfone groups is 1. The number of aromatic nitrogens is 5. The molecule has 3 aromatic heterocycles. The van der Waals surface area contributed by atoms with Crippen LogP contribution in [0.2, 0.25) is 0 Å². The topological polar surface area (TPSA) is 279 Å². The van der Waals surface area contributed by atoms with Crippen LogP contribution in [0.5, 0.6) is 17.2 Å². The lowest BCUT2D eigenvalue weighted by Gasteiger charge is -2.40. The number of nitrogens with one attached hydrogen (secondary N) is 3. The van der Waals surface area contributed by atoms with E-state index in [1.165, 1.54) is 53.0 Å². The molecular weight excluding hydrogens is 1170 g/mol. The number of aromatic amines is 1. The molecule has 8 aromatic rings. The van der Waals surface area contributed by atoms with Gasteiger partial charge in [0.05, 0.1) is 82.1 Å². The van der Waals surface area contributed by atoms with Gasteiger partial charge in [0.1, 0.15) is 42.3 Å². The van der Waals surface area contributed by atoms with E-state index in [1.807, 2.05) is 113 Å². The van der Waals surface area contributed by atoms with E-state index in [1.54, 1.807) is 38.5 Å². The Morgan fingerprint density at radius 2 is 1.39 bits per heavy atom. The molecule has 0 fully saturated rings. The molecule has 0 aliphatic heterocycles. The van der Waals surface area contributed by atoms with E-state index in [-0.39, 0.29) is 79.8 Å². The number of amides is 2. The number of benzene rings is 5. The molecule has 88 heavy (non-hydrogen) atoms. The van der Waals surface area contributed by atoms with Crippen LogP contribution in [0.1, 0.15) is 69.7 Å². The molecule has 3 N–H and O–H groups in total. The monoisotopic (exact) mass is 1240 g/mol. The maximum atomic E-state index is 13.5. The van der Waals surface area contributed by atoms with Gasteiger partial charge in [0.15, 0.2) is 21.0 Å². The highest BCUT2D eigenvalue weighted by Gasteiger charge is 2.40. The summed E-state index contributed by atoms with van der Waals surface area (Å²) in [7, 11) is -0.866. The number of hydrogen-bond acceptors (Lipinski definition) is 18. The highest BCUT2D eigenvalue weighted by atomic mass is 32.2. The Morgan fingerprint density at radius 3 is 2.00 bits per heavy atom. The van der Waals surface area contributed by atoms with Crippen molar-refractivity contribution in [3.05, 3.63) is 173 Å². The summed E-state index contributed by atoms with van der Waals surface area (Å²) >= 11 is 0. The van der Waals surface area contributed by atoms with E-state index in [0.717, 1.165) is 16.7 Å². The fourth-order valence-electron chi connectivity index (χ4n) is 9.89. The van der Waals surface area contributed by atoms with Crippen molar-refractivity contribution >= 4 is 64.3 Å². The van der Waals surface area contributed by atoms with Crippen LogP contribution in [0.3, 0.4) is 0 Å². The number of hydrogen-bond donors (Lipinski definition) is 3. The first kappa shape index (κ1) is 65.4. The Labute approximate surface area is 511 Å². The van der Waals surface area contributed by atoms with Crippen molar-refractivity contribution in [3.8, 4) is 23.3 Å². The van der Waals surface area contributed by atoms with Crippen LogP contribution in [-0.4, -0.2) is 133 Å². The van der Waals surface area contributed by atoms with Gasteiger partial charge < -0.3 is 42.8 Å². The Balaban J connectivity index is 0.975. The summed E-state index contributed by atoms with van der Waals surface area (Å²) in [4.78, 5) is 65.1. The van der Waals surface area contributed by atoms with Gasteiger partial charge in [-0.2, -0.15) is 10.2 Å². The molecule has 0 spiro atoms. The number of nitrogens with zero attached hydrogens (tertiary/aromatic N) is 6. The lowest BCUT2D eigenvalue weighted by molar-refractivity contribution is -0.120. The van der Waals surface area contributed by atoms with Crippen molar-refractivity contribution in [3.63, 3.8) is 0 Å². The molecule has 0 aliphatic carbocycles. The van der Waals surface area contributed by atoms with Crippen molar-refractivity contribution in [1.82, 2.24) is 34.1 Å². The number of ether oxygens (including phenoxy) is 6. The van der Waals surface area contributed by atoms with Crippen LogP contribution in [0.25, 0.3) is 22.1 Å². The molecule has 5 aromatic carbocycles. The number of carbonyl (C=O) groups is 3. The van der Waals surface area contributed by atoms with Gasteiger partial charge in [-0.1, -0.05) is 72.8 Å². The summed E-state index contributed by atoms with van der Waals surface area (Å²) in [5.74, 6) is 0.119. The normalized spacial score (nSPS) is 12.9. The van der Waals surface area contributed by atoms with Gasteiger partial charge in [-0.05, 0) is 111 Å². The molecular formula is C63H72N9O14PS. The summed E-state index contributed by atoms with van der Waals surface area (Å²) < 4.78 is 79.7. The Kier molecular flexibility index (Phi) is 22.6. The van der Waals surface area contributed by atoms with Crippen LogP contribution in [-0.2, 0) is 61.4 Å². The van der Waals surface area contributed by atoms with E-state index >= 15 is 0 Å². The lowest BCUT2D eigenvalue weighted by Crippen LogP contribution is -2.41. The summed E-state index contributed by atoms with van der Waals surface area (Å²) in [5.41, 5.74) is 1.47. The van der Waals surface area contributed by atoms with Gasteiger partial charge in [0.2, 0.25) is 17.8 Å². The second-order valence-corrected chi connectivity index (χ2v) is 24.3. The quantitative estimate of drug-likeness (QED) is 0.0207. The molecule has 3 atom stereocenters. The maximum absolute atomic E-state index is 13.5. The van der Waals surface area contributed by atoms with E-state index in [9.17, 15) is 32.9 Å². The maximum Gasteiger partial charge on any atom is 0.418 e. The van der Waals surface area contributed by atoms with Crippen LogP contribution in [0.4, 0.5) is 10.7 Å². The molecule has 8 rings (SSSR count). The smallest absolute Gasteiger partial charge is 0.418 e. The molecule has 0 saturated carbocycles. The first-order chi connectivity index (χ1) is 42.4. The van der Waals surface area contributed by atoms with Crippen LogP contribution in [0.15, 0.2) is 150 Å². The summed E-state index contributed by atoms with van der Waals surface area (Å²) in [6, 6.07) is 39.9. The molecule has 25 heteroatoms. The number of anilines is 1. The average Bonchev–Trinajstić information content (AvgIpc) is 1.23. The third-order valence-electron chi connectivity index (χ3n) is 14.3. The van der Waals surface area contributed by atoms with Crippen molar-refractivity contribution in [2.24, 2.45) is 0 Å². The van der Waals surface area contributed by atoms with Gasteiger partial charge in [-0.25, -0.2) is 22.9 Å². The number of fused-ring (bicyclic) bond motifs is 2. The molecule has 2 amide bonds. The predicted octanol–water partition coefficient (Wildman–Crippen LogP) is 9.28. The Hall–Kier alpha value is -8.53. The van der Waals surface area contributed by atoms with E-state index in [0.29, 0.717) is 33.7 Å². The summed E-state index contributed by atoms with van der Waals surface area (Å²) in [6.07, 6.45) is 0.177. The zero-order valence-electron chi connectivity index (χ0n) is 50.2. The van der Waals surface area contributed by atoms with Crippen LogP contribution < -0.4 is 30.4 Å². The minimum atomic E-state index is -3.78. The molecule has 0 bridgehead atoms. The highest BCUT2D eigenvalue weighted by molar-refractivity contribution is 7.91. The van der Waals surface area contributed by atoms with E-state index < -0.39 is 72.0 Å². The minimum Gasteiger partial charge on any atom is -0.497 e. The number of H-pyrrole nitrogens is 1. The summed E-state index contributed by atoms with van der Waals surface area (Å²) in [5, 5.41) is 15.4. The van der Waals surface area contributed by atoms with Crippen LogP contribution in [0, 0.1) is 11.3 Å². The largest absolute Gasteiger partial charge is 0.497 e. The second-order valence-electron chi connectivity index (χ2n) is 20.8. The first-order valence-corrected chi connectivity index (χ1v) is 31.2. The number of para-hydroxylation sites is 1. The summed E-state index contributed by atoms with van der Waals surface area (Å²) in [6.45, 7) is 9.34. The molecule has 0 radical (unpaired) electrons. The average molecular weight is 1240 g/mol. The third-order valence-corrected chi connectivity index (χ3v) is 18.2. The standard InChI is InChI=1S/C63H72N9O14PS/c1-42(2)72(43(3)4)87(85-34-14-32-64)86-44(5)55(39-84-63(46-15-10-9-11-16-46,47-19-23-49(79-6)24-20-47)48-21-25-50(80-7)26-22-48)83-41-70-40-66-58-59(70)68-61(69-60(58)75)67-56(73)31-33-65-57(74)37-45-38-71(54-18-13-12-17-53(45)54)62(76)82-35-36-88(77,78)52-29-27-51(81-8)28-30-52/h9-13,15-30,38,40,42-44,55H,14,31,33-37,39,41H2,1-8H3,(H,65,74)(H2,67,68,69,73,75)/t44-,55-,87?/m1/s1. The molecule has 464 valence electrons. The van der Waals surface area contributed by atoms with E-state index in [4.69, 9.17) is 37.5 Å². The van der Waals surface area contributed by atoms with Crippen LogP contribution >= 0.6 is 8.53 Å². The molecule has 3 heterocycles. The van der Waals surface area contributed by atoms with Crippen molar-refractivity contribution in [2.45, 2.75) is 95.4 Å². The molecule has 0 aliphatic rings. The van der Waals surface area contributed by atoms with Crippen molar-refractivity contribution in [1.29, 1.82) is 5.26 Å². The molecule has 0 saturated heterocycles. The van der Waals surface area contributed by atoms with Crippen molar-refractivity contribution < 1.29 is 60.3 Å². The number of rotatable bonds is 31. The predicted molar refractivity (Wildman–Crippen MR) is 331 cm³/mol. The highest BCUT2D eigenvalue weighted by Crippen LogP contribution is 2.48. The first-order valence-electron chi connectivity index (χ1n) is 28.4.